The number of rotatable bonds is 8. The third-order valence-electron chi connectivity index (χ3n) is 4.31. The summed E-state index contributed by atoms with van der Waals surface area (Å²) < 4.78 is 5.18. The van der Waals surface area contributed by atoms with Crippen molar-refractivity contribution in [2.45, 2.75) is 12.6 Å². The number of hydrogen-bond acceptors (Lipinski definition) is 5. The van der Waals surface area contributed by atoms with Crippen molar-refractivity contribution in [1.82, 2.24) is 9.80 Å². The van der Waals surface area contributed by atoms with Gasteiger partial charge in [-0.15, -0.1) is 0 Å². The minimum absolute atomic E-state index is 0.0267. The average Bonchev–Trinajstić information content (AvgIpc) is 3.14. The van der Waals surface area contributed by atoms with E-state index < -0.39 is 12.1 Å². The molecule has 0 aromatic heterocycles. The van der Waals surface area contributed by atoms with Gasteiger partial charge in [0.05, 0.1) is 12.2 Å². The summed E-state index contributed by atoms with van der Waals surface area (Å²) in [5, 5.41) is 10.2. The Labute approximate surface area is 159 Å². The summed E-state index contributed by atoms with van der Waals surface area (Å²) in [6, 6.07) is 17.1. The first-order valence-corrected chi connectivity index (χ1v) is 8.92. The lowest BCUT2D eigenvalue weighted by atomic mass is 10.1. The molecule has 5 nitrogen and oxygen atoms in total. The van der Waals surface area contributed by atoms with Crippen molar-refractivity contribution in [2.75, 3.05) is 19.8 Å². The molecule has 1 aliphatic heterocycles. The maximum Gasteiger partial charge on any atom is 0.338 e. The predicted octanol–water partition coefficient (Wildman–Crippen LogP) is 3.09. The fraction of sp³-hybridized carbons (Fsp3) is 0.227. The van der Waals surface area contributed by atoms with E-state index in [4.69, 9.17) is 4.74 Å². The van der Waals surface area contributed by atoms with E-state index in [0.717, 1.165) is 12.1 Å². The Balaban J connectivity index is 1.40. The number of ether oxygens (including phenoxy) is 1. The second-order valence-electron chi connectivity index (χ2n) is 6.52. The van der Waals surface area contributed by atoms with Crippen LogP contribution in [0.1, 0.15) is 21.5 Å². The fourth-order valence-corrected chi connectivity index (χ4v) is 2.88. The van der Waals surface area contributed by atoms with Crippen molar-refractivity contribution >= 4 is 12.0 Å². The van der Waals surface area contributed by atoms with Gasteiger partial charge in [-0.2, -0.15) is 0 Å². The summed E-state index contributed by atoms with van der Waals surface area (Å²) in [5.41, 5.74) is 2.80. The molecule has 27 heavy (non-hydrogen) atoms. The number of hydrogen-bond donors (Lipinski definition) is 1. The normalized spacial score (nSPS) is 14.3. The molecule has 1 heterocycles. The summed E-state index contributed by atoms with van der Waals surface area (Å²) in [7, 11) is 0. The standard InChI is InChI=1S/C22H24N2O3/c1-2-18-8-10-19(11-9-18)14-23-12-13-24(17-23)15-21(25)16-27-22(26)20-6-4-3-5-7-20/h2-13,21,25H,1,14-17H2. The fourth-order valence-electron chi connectivity index (χ4n) is 2.88. The van der Waals surface area contributed by atoms with E-state index in [0.29, 0.717) is 18.8 Å². The highest BCUT2D eigenvalue weighted by Gasteiger charge is 2.17. The maximum absolute atomic E-state index is 11.9. The van der Waals surface area contributed by atoms with Crippen molar-refractivity contribution in [3.63, 3.8) is 0 Å². The van der Waals surface area contributed by atoms with Crippen LogP contribution in [0.15, 0.2) is 73.6 Å². The van der Waals surface area contributed by atoms with Crippen LogP contribution >= 0.6 is 0 Å². The molecular weight excluding hydrogens is 340 g/mol. The van der Waals surface area contributed by atoms with E-state index >= 15 is 0 Å². The lowest BCUT2D eigenvalue weighted by Crippen LogP contribution is -2.34. The van der Waals surface area contributed by atoms with Crippen molar-refractivity contribution in [1.29, 1.82) is 0 Å². The molecule has 2 aromatic rings. The second-order valence-corrected chi connectivity index (χ2v) is 6.52. The Bertz CT molecular complexity index is 787. The van der Waals surface area contributed by atoms with Gasteiger partial charge in [-0.1, -0.05) is 55.1 Å². The zero-order valence-corrected chi connectivity index (χ0v) is 15.2. The monoisotopic (exact) mass is 364 g/mol. The first kappa shape index (κ1) is 18.7. The number of nitrogens with zero attached hydrogens (tertiary/aromatic N) is 2. The van der Waals surface area contributed by atoms with Gasteiger partial charge in [-0.05, 0) is 23.3 Å². The first-order valence-electron chi connectivity index (χ1n) is 8.92. The van der Waals surface area contributed by atoms with E-state index in [9.17, 15) is 9.90 Å². The zero-order valence-electron chi connectivity index (χ0n) is 15.2. The maximum atomic E-state index is 11.9. The van der Waals surface area contributed by atoms with Gasteiger partial charge in [0.15, 0.2) is 0 Å². The number of carbonyl (C=O) groups is 1. The number of benzene rings is 2. The predicted molar refractivity (Wildman–Crippen MR) is 106 cm³/mol. The zero-order chi connectivity index (χ0) is 19.1. The lowest BCUT2D eigenvalue weighted by molar-refractivity contribution is 0.0183. The van der Waals surface area contributed by atoms with E-state index in [-0.39, 0.29) is 6.61 Å². The first-order chi connectivity index (χ1) is 13.1. The van der Waals surface area contributed by atoms with E-state index in [1.807, 2.05) is 41.6 Å². The van der Waals surface area contributed by atoms with Gasteiger partial charge in [0, 0.05) is 25.5 Å². The summed E-state index contributed by atoms with van der Waals surface area (Å²) >= 11 is 0. The van der Waals surface area contributed by atoms with Crippen LogP contribution in [0.2, 0.25) is 0 Å². The second kappa shape index (κ2) is 9.05. The minimum Gasteiger partial charge on any atom is -0.459 e. The van der Waals surface area contributed by atoms with Gasteiger partial charge in [-0.3, -0.25) is 0 Å². The molecule has 0 radical (unpaired) electrons. The molecule has 1 atom stereocenters. The number of β-amino-alcohol motifs (C(OH)–C–C–N with tert-alkyl or cyclic N) is 1. The number of aliphatic hydroxyl groups excluding tert-OH is 1. The quantitative estimate of drug-likeness (QED) is 0.730. The molecule has 140 valence electrons. The van der Waals surface area contributed by atoms with Gasteiger partial charge < -0.3 is 19.6 Å². The Morgan fingerprint density at radius 2 is 1.81 bits per heavy atom. The molecule has 1 unspecified atom stereocenters. The lowest BCUT2D eigenvalue weighted by Gasteiger charge is -2.23. The van der Waals surface area contributed by atoms with Crippen LogP contribution in [-0.2, 0) is 11.3 Å². The van der Waals surface area contributed by atoms with E-state index in [1.54, 1.807) is 24.3 Å². The topological polar surface area (TPSA) is 53.0 Å². The smallest absolute Gasteiger partial charge is 0.338 e. The van der Waals surface area contributed by atoms with Gasteiger partial charge in [0.2, 0.25) is 0 Å². The van der Waals surface area contributed by atoms with Crippen molar-refractivity contribution < 1.29 is 14.6 Å². The molecular formula is C22H24N2O3. The Morgan fingerprint density at radius 1 is 1.11 bits per heavy atom. The summed E-state index contributed by atoms with van der Waals surface area (Å²) in [6.45, 7) is 5.62. The molecule has 0 aliphatic carbocycles. The Morgan fingerprint density at radius 3 is 2.52 bits per heavy atom. The summed E-state index contributed by atoms with van der Waals surface area (Å²) in [4.78, 5) is 16.1. The third-order valence-corrected chi connectivity index (χ3v) is 4.31. The van der Waals surface area contributed by atoms with Crippen LogP contribution in [0, 0.1) is 0 Å². The molecule has 5 heteroatoms. The number of esters is 1. The SMILES string of the molecule is C=Cc1ccc(CN2C=CN(CC(O)COC(=O)c3ccccc3)C2)cc1. The largest absolute Gasteiger partial charge is 0.459 e. The van der Waals surface area contributed by atoms with Crippen LogP contribution in [-0.4, -0.2) is 46.8 Å². The van der Waals surface area contributed by atoms with Gasteiger partial charge in [0.1, 0.15) is 12.7 Å². The van der Waals surface area contributed by atoms with Crippen molar-refractivity contribution in [3.8, 4) is 0 Å². The summed E-state index contributed by atoms with van der Waals surface area (Å²) in [6.07, 6.45) is 5.03. The summed E-state index contributed by atoms with van der Waals surface area (Å²) in [5.74, 6) is -0.420. The minimum atomic E-state index is -0.742. The Kier molecular flexibility index (Phi) is 6.28. The Hall–Kier alpha value is -3.05. The molecule has 0 saturated heterocycles. The van der Waals surface area contributed by atoms with Crippen molar-refractivity contribution in [2.24, 2.45) is 0 Å². The van der Waals surface area contributed by atoms with Crippen LogP contribution in [0.5, 0.6) is 0 Å². The molecule has 1 aliphatic rings. The average molecular weight is 364 g/mol. The van der Waals surface area contributed by atoms with Crippen LogP contribution in [0.3, 0.4) is 0 Å². The van der Waals surface area contributed by atoms with Gasteiger partial charge in [-0.25, -0.2) is 4.79 Å². The molecule has 2 aromatic carbocycles. The van der Waals surface area contributed by atoms with Crippen molar-refractivity contribution in [3.05, 3.63) is 90.3 Å². The van der Waals surface area contributed by atoms with E-state index in [1.165, 1.54) is 5.56 Å². The van der Waals surface area contributed by atoms with E-state index in [2.05, 4.69) is 23.6 Å². The highest BCUT2D eigenvalue weighted by molar-refractivity contribution is 5.89. The molecule has 0 amide bonds. The molecule has 0 fully saturated rings. The number of carbonyl (C=O) groups excluding carboxylic acids is 1. The van der Waals surface area contributed by atoms with Crippen LogP contribution < -0.4 is 0 Å². The van der Waals surface area contributed by atoms with Crippen LogP contribution in [0.4, 0.5) is 0 Å². The van der Waals surface area contributed by atoms with Crippen LogP contribution in [0.25, 0.3) is 6.08 Å². The molecule has 0 bridgehead atoms. The van der Waals surface area contributed by atoms with Gasteiger partial charge in [0.25, 0.3) is 0 Å². The highest BCUT2D eigenvalue weighted by atomic mass is 16.5. The van der Waals surface area contributed by atoms with Gasteiger partial charge >= 0.3 is 5.97 Å². The molecule has 3 rings (SSSR count). The molecule has 0 saturated carbocycles. The molecule has 1 N–H and O–H groups in total. The number of aliphatic hydroxyl groups is 1. The highest BCUT2D eigenvalue weighted by Crippen LogP contribution is 2.14. The third kappa shape index (κ3) is 5.46. The molecule has 0 spiro atoms.